The second-order valence-corrected chi connectivity index (χ2v) is 8.02. The van der Waals surface area contributed by atoms with E-state index in [1.165, 1.54) is 20.2 Å². The number of carbonyl (C=O) groups excluding carboxylic acids is 1. The van der Waals surface area contributed by atoms with E-state index in [0.29, 0.717) is 12.3 Å². The van der Waals surface area contributed by atoms with Crippen molar-refractivity contribution in [2.75, 3.05) is 39.1 Å². The molecular formula is C16H25N3O4S. The summed E-state index contributed by atoms with van der Waals surface area (Å²) in [5.74, 6) is 0.159. The van der Waals surface area contributed by atoms with Gasteiger partial charge in [-0.2, -0.15) is 0 Å². The number of piperidine rings is 1. The standard InChI is InChI=1S/C16H25N3O4S/c1-4-23-14-6-5-13(11-15(14)24(21,22)19(2)3)18-16(20)12-7-9-17-10-8-12/h5-6,11-12,17H,4,7-10H2,1-3H3,(H,18,20). The first-order chi connectivity index (χ1) is 11.4. The number of sulfonamides is 1. The lowest BCUT2D eigenvalue weighted by Crippen LogP contribution is -2.34. The molecule has 1 amide bonds. The Labute approximate surface area is 143 Å². The molecule has 7 nitrogen and oxygen atoms in total. The third-order valence-corrected chi connectivity index (χ3v) is 5.82. The van der Waals surface area contributed by atoms with Crippen LogP contribution in [0.25, 0.3) is 0 Å². The number of hydrogen-bond acceptors (Lipinski definition) is 5. The summed E-state index contributed by atoms with van der Waals surface area (Å²) in [7, 11) is -0.739. The molecule has 0 atom stereocenters. The molecule has 1 aromatic carbocycles. The predicted octanol–water partition coefficient (Wildman–Crippen LogP) is 1.27. The first kappa shape index (κ1) is 18.7. The van der Waals surface area contributed by atoms with Gasteiger partial charge in [0, 0.05) is 25.7 Å². The maximum absolute atomic E-state index is 12.5. The molecule has 0 bridgehead atoms. The van der Waals surface area contributed by atoms with Crippen LogP contribution in [0.5, 0.6) is 5.75 Å². The van der Waals surface area contributed by atoms with E-state index in [2.05, 4.69) is 10.6 Å². The van der Waals surface area contributed by atoms with Crippen molar-refractivity contribution < 1.29 is 17.9 Å². The smallest absolute Gasteiger partial charge is 0.246 e. The molecule has 1 fully saturated rings. The van der Waals surface area contributed by atoms with Crippen LogP contribution in [0.1, 0.15) is 19.8 Å². The van der Waals surface area contributed by atoms with Crippen LogP contribution < -0.4 is 15.4 Å². The molecule has 1 aliphatic rings. The number of hydrogen-bond donors (Lipinski definition) is 2. The van der Waals surface area contributed by atoms with Crippen molar-refractivity contribution in [2.24, 2.45) is 5.92 Å². The van der Waals surface area contributed by atoms with Gasteiger partial charge in [-0.25, -0.2) is 12.7 Å². The number of amides is 1. The SMILES string of the molecule is CCOc1ccc(NC(=O)C2CCNCC2)cc1S(=O)(=O)N(C)C. The molecule has 1 saturated heterocycles. The van der Waals surface area contributed by atoms with Crippen LogP contribution in [0.15, 0.2) is 23.1 Å². The van der Waals surface area contributed by atoms with Gasteiger partial charge in [0.1, 0.15) is 10.6 Å². The highest BCUT2D eigenvalue weighted by atomic mass is 32.2. The van der Waals surface area contributed by atoms with Gasteiger partial charge in [-0.3, -0.25) is 4.79 Å². The number of carbonyl (C=O) groups is 1. The minimum absolute atomic E-state index is 0.0493. The maximum Gasteiger partial charge on any atom is 0.246 e. The van der Waals surface area contributed by atoms with Crippen LogP contribution in [0, 0.1) is 5.92 Å². The minimum atomic E-state index is -3.67. The fourth-order valence-electron chi connectivity index (χ4n) is 2.59. The maximum atomic E-state index is 12.5. The molecule has 1 heterocycles. The van der Waals surface area contributed by atoms with E-state index in [1.807, 2.05) is 0 Å². The van der Waals surface area contributed by atoms with Crippen LogP contribution >= 0.6 is 0 Å². The van der Waals surface area contributed by atoms with Gasteiger partial charge in [0.05, 0.1) is 6.61 Å². The summed E-state index contributed by atoms with van der Waals surface area (Å²) in [6.45, 7) is 3.79. The Hall–Kier alpha value is -1.64. The van der Waals surface area contributed by atoms with Crippen LogP contribution in [0.3, 0.4) is 0 Å². The highest BCUT2D eigenvalue weighted by molar-refractivity contribution is 7.89. The van der Waals surface area contributed by atoms with Crippen molar-refractivity contribution in [2.45, 2.75) is 24.7 Å². The third-order valence-electron chi connectivity index (χ3n) is 3.98. The normalized spacial score (nSPS) is 16.2. The lowest BCUT2D eigenvalue weighted by Gasteiger charge is -2.22. The van der Waals surface area contributed by atoms with Gasteiger partial charge in [0.15, 0.2) is 0 Å². The van der Waals surface area contributed by atoms with Gasteiger partial charge < -0.3 is 15.4 Å². The zero-order chi connectivity index (χ0) is 17.7. The van der Waals surface area contributed by atoms with E-state index in [0.717, 1.165) is 30.2 Å². The Morgan fingerprint density at radius 1 is 1.33 bits per heavy atom. The topological polar surface area (TPSA) is 87.7 Å². The molecule has 0 unspecified atom stereocenters. The Balaban J connectivity index is 2.27. The molecule has 0 spiro atoms. The molecule has 1 aliphatic heterocycles. The summed E-state index contributed by atoms with van der Waals surface area (Å²) in [5.41, 5.74) is 0.461. The van der Waals surface area contributed by atoms with E-state index in [4.69, 9.17) is 4.74 Å². The van der Waals surface area contributed by atoms with Crippen LogP contribution in [-0.2, 0) is 14.8 Å². The van der Waals surface area contributed by atoms with Crippen LogP contribution in [0.4, 0.5) is 5.69 Å². The molecular weight excluding hydrogens is 330 g/mol. The number of benzene rings is 1. The van der Waals surface area contributed by atoms with E-state index in [1.54, 1.807) is 19.1 Å². The van der Waals surface area contributed by atoms with Crippen molar-refractivity contribution >= 4 is 21.6 Å². The number of nitrogens with one attached hydrogen (secondary N) is 2. The highest BCUT2D eigenvalue weighted by Crippen LogP contribution is 2.29. The zero-order valence-corrected chi connectivity index (χ0v) is 15.1. The number of nitrogens with zero attached hydrogens (tertiary/aromatic N) is 1. The molecule has 8 heteroatoms. The van der Waals surface area contributed by atoms with Gasteiger partial charge in [0.25, 0.3) is 0 Å². The first-order valence-electron chi connectivity index (χ1n) is 8.07. The summed E-state index contributed by atoms with van der Waals surface area (Å²) < 4.78 is 31.5. The second kappa shape index (κ2) is 7.96. The number of ether oxygens (including phenoxy) is 1. The zero-order valence-electron chi connectivity index (χ0n) is 14.3. The van der Waals surface area contributed by atoms with E-state index in [9.17, 15) is 13.2 Å². The largest absolute Gasteiger partial charge is 0.492 e. The molecule has 2 rings (SSSR count). The third kappa shape index (κ3) is 4.25. The first-order valence-corrected chi connectivity index (χ1v) is 9.51. The van der Waals surface area contributed by atoms with Gasteiger partial charge in [-0.05, 0) is 51.1 Å². The predicted molar refractivity (Wildman–Crippen MR) is 92.7 cm³/mol. The van der Waals surface area contributed by atoms with Gasteiger partial charge in [-0.15, -0.1) is 0 Å². The molecule has 2 N–H and O–H groups in total. The highest BCUT2D eigenvalue weighted by Gasteiger charge is 2.25. The number of anilines is 1. The molecule has 0 radical (unpaired) electrons. The Morgan fingerprint density at radius 2 is 2.00 bits per heavy atom. The van der Waals surface area contributed by atoms with Gasteiger partial charge in [0.2, 0.25) is 15.9 Å². The van der Waals surface area contributed by atoms with Crippen molar-refractivity contribution in [1.82, 2.24) is 9.62 Å². The van der Waals surface area contributed by atoms with E-state index >= 15 is 0 Å². The van der Waals surface area contributed by atoms with Crippen molar-refractivity contribution in [3.63, 3.8) is 0 Å². The van der Waals surface area contributed by atoms with E-state index < -0.39 is 10.0 Å². The van der Waals surface area contributed by atoms with E-state index in [-0.39, 0.29) is 22.5 Å². The summed E-state index contributed by atoms with van der Waals surface area (Å²) in [5, 5.41) is 6.04. The fourth-order valence-corrected chi connectivity index (χ4v) is 3.64. The average Bonchev–Trinajstić information content (AvgIpc) is 2.57. The van der Waals surface area contributed by atoms with Crippen molar-refractivity contribution in [3.8, 4) is 5.75 Å². The second-order valence-electron chi connectivity index (χ2n) is 5.90. The van der Waals surface area contributed by atoms with Crippen molar-refractivity contribution in [1.29, 1.82) is 0 Å². The Kier molecular flexibility index (Phi) is 6.20. The summed E-state index contributed by atoms with van der Waals surface area (Å²) in [6.07, 6.45) is 1.57. The van der Waals surface area contributed by atoms with Crippen LogP contribution in [0.2, 0.25) is 0 Å². The fraction of sp³-hybridized carbons (Fsp3) is 0.562. The van der Waals surface area contributed by atoms with Crippen molar-refractivity contribution in [3.05, 3.63) is 18.2 Å². The summed E-state index contributed by atoms with van der Waals surface area (Å²) in [4.78, 5) is 12.4. The molecule has 134 valence electrons. The molecule has 24 heavy (non-hydrogen) atoms. The molecule has 1 aromatic rings. The quantitative estimate of drug-likeness (QED) is 0.802. The minimum Gasteiger partial charge on any atom is -0.492 e. The monoisotopic (exact) mass is 355 g/mol. The molecule has 0 aromatic heterocycles. The lowest BCUT2D eigenvalue weighted by atomic mass is 9.97. The van der Waals surface area contributed by atoms with Gasteiger partial charge >= 0.3 is 0 Å². The number of rotatable bonds is 6. The molecule has 0 aliphatic carbocycles. The summed E-state index contributed by atoms with van der Waals surface area (Å²) >= 11 is 0. The summed E-state index contributed by atoms with van der Waals surface area (Å²) in [6, 6.07) is 4.70. The van der Waals surface area contributed by atoms with Crippen LogP contribution in [-0.4, -0.2) is 52.4 Å². The Bertz CT molecular complexity index is 683. The van der Waals surface area contributed by atoms with Gasteiger partial charge in [-0.1, -0.05) is 0 Å². The molecule has 0 saturated carbocycles. The lowest BCUT2D eigenvalue weighted by molar-refractivity contribution is -0.120. The average molecular weight is 355 g/mol. The Morgan fingerprint density at radius 3 is 2.58 bits per heavy atom.